The molecule has 0 fully saturated rings. The molecule has 0 bridgehead atoms. The monoisotopic (exact) mass is 224 g/mol. The normalized spacial score (nSPS) is 17.9. The fourth-order valence-corrected chi connectivity index (χ4v) is 2.58. The van der Waals surface area contributed by atoms with Gasteiger partial charge in [0.15, 0.2) is 0 Å². The molecule has 16 heavy (non-hydrogen) atoms. The van der Waals surface area contributed by atoms with Crippen molar-refractivity contribution in [3.05, 3.63) is 11.6 Å². The summed E-state index contributed by atoms with van der Waals surface area (Å²) in [6, 6.07) is 0. The Labute approximate surface area is 101 Å². The van der Waals surface area contributed by atoms with Crippen LogP contribution in [0.1, 0.15) is 60.3 Å². The van der Waals surface area contributed by atoms with Gasteiger partial charge < -0.3 is 0 Å². The van der Waals surface area contributed by atoms with E-state index in [1.165, 1.54) is 25.7 Å². The Kier molecular flexibility index (Phi) is 8.23. The Balaban J connectivity index is 3.94. The summed E-state index contributed by atoms with van der Waals surface area (Å²) in [6.07, 6.45) is 8.16. The molecule has 0 spiro atoms. The van der Waals surface area contributed by atoms with Crippen LogP contribution in [0.5, 0.6) is 0 Å². The van der Waals surface area contributed by atoms with Crippen LogP contribution in [0.25, 0.3) is 0 Å². The van der Waals surface area contributed by atoms with E-state index in [4.69, 9.17) is 0 Å². The molecule has 0 saturated carbocycles. The molecule has 0 unspecified atom stereocenters. The lowest BCUT2D eigenvalue weighted by Gasteiger charge is -2.19. The first-order valence-electron chi connectivity index (χ1n) is 6.63. The van der Waals surface area contributed by atoms with E-state index in [0.717, 1.165) is 23.7 Å². The van der Waals surface area contributed by atoms with E-state index in [2.05, 4.69) is 33.8 Å². The van der Waals surface area contributed by atoms with Gasteiger partial charge in [0.1, 0.15) is 6.29 Å². The fraction of sp³-hybridized carbons (Fsp3) is 0.800. The highest BCUT2D eigenvalue weighted by atomic mass is 16.1. The van der Waals surface area contributed by atoms with Crippen LogP contribution in [0.2, 0.25) is 0 Å². The lowest BCUT2D eigenvalue weighted by atomic mass is 9.87. The van der Waals surface area contributed by atoms with Crippen LogP contribution >= 0.6 is 0 Å². The third kappa shape index (κ3) is 7.67. The van der Waals surface area contributed by atoms with Gasteiger partial charge in [-0.15, -0.1) is 0 Å². The van der Waals surface area contributed by atoms with E-state index in [9.17, 15) is 4.79 Å². The molecule has 0 heterocycles. The number of allylic oxidation sites excluding steroid dienone is 2. The molecule has 94 valence electrons. The molecule has 0 aliphatic carbocycles. The fourth-order valence-electron chi connectivity index (χ4n) is 2.58. The lowest BCUT2D eigenvalue weighted by Crippen LogP contribution is -2.07. The Morgan fingerprint density at radius 2 is 1.75 bits per heavy atom. The van der Waals surface area contributed by atoms with Crippen LogP contribution in [0.15, 0.2) is 11.6 Å². The van der Waals surface area contributed by atoms with E-state index in [0.29, 0.717) is 5.92 Å². The van der Waals surface area contributed by atoms with Crippen LogP contribution in [0, 0.1) is 17.8 Å². The maximum absolute atomic E-state index is 10.5. The second-order valence-electron chi connectivity index (χ2n) is 5.48. The summed E-state index contributed by atoms with van der Waals surface area (Å²) in [7, 11) is 0. The second kappa shape index (κ2) is 8.55. The van der Waals surface area contributed by atoms with Crippen molar-refractivity contribution in [2.24, 2.45) is 17.8 Å². The van der Waals surface area contributed by atoms with Crippen molar-refractivity contribution in [2.75, 3.05) is 0 Å². The zero-order chi connectivity index (χ0) is 12.6. The van der Waals surface area contributed by atoms with Gasteiger partial charge in [0.2, 0.25) is 0 Å². The van der Waals surface area contributed by atoms with Crippen LogP contribution in [-0.4, -0.2) is 6.29 Å². The van der Waals surface area contributed by atoms with E-state index in [1.807, 2.05) is 6.92 Å². The number of hydrogen-bond acceptors (Lipinski definition) is 1. The van der Waals surface area contributed by atoms with Gasteiger partial charge in [-0.05, 0) is 43.1 Å². The van der Waals surface area contributed by atoms with Crippen molar-refractivity contribution >= 4 is 6.29 Å². The van der Waals surface area contributed by atoms with Crippen LogP contribution < -0.4 is 0 Å². The average molecular weight is 224 g/mol. The third-order valence-electron chi connectivity index (χ3n) is 3.09. The van der Waals surface area contributed by atoms with Crippen LogP contribution in [0.3, 0.4) is 0 Å². The zero-order valence-corrected chi connectivity index (χ0v) is 11.6. The molecule has 0 radical (unpaired) electrons. The van der Waals surface area contributed by atoms with Gasteiger partial charge in [-0.25, -0.2) is 0 Å². The topological polar surface area (TPSA) is 17.1 Å². The SMILES string of the molecule is CCC[C@H](C)C[C@H](C)C[C@H](C)/C=C(\C)C=O. The van der Waals surface area contributed by atoms with Gasteiger partial charge in [-0.3, -0.25) is 4.79 Å². The van der Waals surface area contributed by atoms with Crippen molar-refractivity contribution < 1.29 is 4.79 Å². The summed E-state index contributed by atoms with van der Waals surface area (Å²) in [4.78, 5) is 10.5. The molecule has 1 nitrogen and oxygen atoms in total. The van der Waals surface area contributed by atoms with Crippen molar-refractivity contribution in [3.63, 3.8) is 0 Å². The van der Waals surface area contributed by atoms with Crippen molar-refractivity contribution in [1.29, 1.82) is 0 Å². The quantitative estimate of drug-likeness (QED) is 0.434. The van der Waals surface area contributed by atoms with Crippen molar-refractivity contribution in [1.82, 2.24) is 0 Å². The molecule has 0 N–H and O–H groups in total. The molecule has 0 aliphatic rings. The first-order chi connectivity index (χ1) is 7.49. The van der Waals surface area contributed by atoms with Gasteiger partial charge in [-0.2, -0.15) is 0 Å². The largest absolute Gasteiger partial charge is 0.298 e. The van der Waals surface area contributed by atoms with Gasteiger partial charge in [0.25, 0.3) is 0 Å². The van der Waals surface area contributed by atoms with Gasteiger partial charge >= 0.3 is 0 Å². The first-order valence-corrected chi connectivity index (χ1v) is 6.63. The zero-order valence-electron chi connectivity index (χ0n) is 11.6. The molecule has 0 aromatic carbocycles. The van der Waals surface area contributed by atoms with E-state index in [-0.39, 0.29) is 0 Å². The first kappa shape index (κ1) is 15.4. The summed E-state index contributed by atoms with van der Waals surface area (Å²) >= 11 is 0. The molecule has 0 amide bonds. The maximum Gasteiger partial charge on any atom is 0.145 e. The predicted molar refractivity (Wildman–Crippen MR) is 71.5 cm³/mol. The summed E-state index contributed by atoms with van der Waals surface area (Å²) in [5.41, 5.74) is 0.862. The molecule has 0 aromatic rings. The highest BCUT2D eigenvalue weighted by Crippen LogP contribution is 2.23. The predicted octanol–water partition coefficient (Wildman–Crippen LogP) is 4.62. The van der Waals surface area contributed by atoms with Crippen molar-refractivity contribution in [3.8, 4) is 0 Å². The smallest absolute Gasteiger partial charge is 0.145 e. The summed E-state index contributed by atoms with van der Waals surface area (Å²) in [5.74, 6) is 2.12. The Morgan fingerprint density at radius 1 is 1.12 bits per heavy atom. The average Bonchev–Trinajstić information content (AvgIpc) is 2.16. The minimum Gasteiger partial charge on any atom is -0.298 e. The number of aldehydes is 1. The molecule has 0 aromatic heterocycles. The van der Waals surface area contributed by atoms with E-state index in [1.54, 1.807) is 0 Å². The number of carbonyl (C=O) groups is 1. The number of rotatable bonds is 8. The number of hydrogen-bond donors (Lipinski definition) is 0. The molecule has 0 rings (SSSR count). The molecule has 3 atom stereocenters. The summed E-state index contributed by atoms with van der Waals surface area (Å²) < 4.78 is 0. The minimum absolute atomic E-state index is 0.522. The standard InChI is InChI=1S/C15H28O/c1-6-7-12(2)8-13(3)9-14(4)10-15(5)11-16/h10-14H,6-9H2,1-5H3/b15-10+/t12-,13-,14-/m0/s1. The minimum atomic E-state index is 0.522. The Hall–Kier alpha value is -0.590. The molecule has 0 aliphatic heterocycles. The Morgan fingerprint density at radius 3 is 2.25 bits per heavy atom. The molecular weight excluding hydrogens is 196 g/mol. The van der Waals surface area contributed by atoms with Crippen LogP contribution in [-0.2, 0) is 4.79 Å². The lowest BCUT2D eigenvalue weighted by molar-refractivity contribution is -0.104. The van der Waals surface area contributed by atoms with Crippen molar-refractivity contribution in [2.45, 2.75) is 60.3 Å². The second-order valence-corrected chi connectivity index (χ2v) is 5.48. The van der Waals surface area contributed by atoms with Gasteiger partial charge in [0.05, 0.1) is 0 Å². The highest BCUT2D eigenvalue weighted by molar-refractivity contribution is 5.72. The maximum atomic E-state index is 10.5. The number of carbonyl (C=O) groups excluding carboxylic acids is 1. The third-order valence-corrected chi connectivity index (χ3v) is 3.09. The van der Waals surface area contributed by atoms with Crippen LogP contribution in [0.4, 0.5) is 0 Å². The summed E-state index contributed by atoms with van der Waals surface area (Å²) in [5, 5.41) is 0. The highest BCUT2D eigenvalue weighted by Gasteiger charge is 2.11. The van der Waals surface area contributed by atoms with Gasteiger partial charge in [0, 0.05) is 0 Å². The molecule has 1 heteroatoms. The Bertz CT molecular complexity index is 217. The van der Waals surface area contributed by atoms with E-state index >= 15 is 0 Å². The molecule has 0 saturated heterocycles. The summed E-state index contributed by atoms with van der Waals surface area (Å²) in [6.45, 7) is 11.0. The van der Waals surface area contributed by atoms with E-state index < -0.39 is 0 Å². The van der Waals surface area contributed by atoms with Gasteiger partial charge in [-0.1, -0.05) is 46.6 Å². The molecular formula is C15H28O.